The van der Waals surface area contributed by atoms with Crippen LogP contribution in [0, 0.1) is 0 Å². The number of aromatic nitrogens is 5. The molecule has 6 heteroatoms. The van der Waals surface area contributed by atoms with Crippen molar-refractivity contribution in [1.82, 2.24) is 25.0 Å². The summed E-state index contributed by atoms with van der Waals surface area (Å²) < 4.78 is 7.27. The van der Waals surface area contributed by atoms with E-state index in [4.69, 9.17) is 4.74 Å². The lowest BCUT2D eigenvalue weighted by atomic mass is 10.1. The van der Waals surface area contributed by atoms with Gasteiger partial charge in [-0.05, 0) is 39.0 Å². The summed E-state index contributed by atoms with van der Waals surface area (Å²) in [5.74, 6) is 1.43. The molecule has 0 aliphatic carbocycles. The highest BCUT2D eigenvalue weighted by molar-refractivity contribution is 5.80. The molecule has 6 nitrogen and oxygen atoms in total. The number of hydrogen-bond acceptors (Lipinski definition) is 5. The quantitative estimate of drug-likeness (QED) is 0.474. The highest BCUT2D eigenvalue weighted by Gasteiger charge is 2.11. The van der Waals surface area contributed by atoms with E-state index >= 15 is 0 Å². The van der Waals surface area contributed by atoms with Crippen LogP contribution in [0.1, 0.15) is 32.4 Å². The van der Waals surface area contributed by atoms with Crippen LogP contribution in [0.5, 0.6) is 0 Å². The Bertz CT molecular complexity index is 1010. The van der Waals surface area contributed by atoms with Gasteiger partial charge >= 0.3 is 0 Å². The molecule has 1 aromatic carbocycles. The Morgan fingerprint density at radius 2 is 1.96 bits per heavy atom. The van der Waals surface area contributed by atoms with Crippen LogP contribution in [0.25, 0.3) is 28.0 Å². The van der Waals surface area contributed by atoms with Crippen molar-refractivity contribution < 1.29 is 4.74 Å². The normalized spacial score (nSPS) is 12.6. The molecule has 0 N–H and O–H groups in total. The Morgan fingerprint density at radius 1 is 1.22 bits per heavy atom. The summed E-state index contributed by atoms with van der Waals surface area (Å²) in [6.07, 6.45) is 9.10. The van der Waals surface area contributed by atoms with Crippen LogP contribution in [0.15, 0.2) is 61.2 Å². The fourth-order valence-corrected chi connectivity index (χ4v) is 2.77. The Hall–Kier alpha value is -3.28. The van der Waals surface area contributed by atoms with Crippen LogP contribution >= 0.6 is 0 Å². The molecule has 2 heterocycles. The summed E-state index contributed by atoms with van der Waals surface area (Å²) in [5, 5.41) is 8.47. The van der Waals surface area contributed by atoms with Crippen LogP contribution in [-0.2, 0) is 4.74 Å². The van der Waals surface area contributed by atoms with Crippen molar-refractivity contribution in [3.8, 4) is 11.4 Å². The molecule has 0 atom stereocenters. The zero-order valence-corrected chi connectivity index (χ0v) is 16.0. The maximum atomic E-state index is 5.37. The molecular formula is C21H23N5O. The molecular weight excluding hydrogens is 338 g/mol. The summed E-state index contributed by atoms with van der Waals surface area (Å²) in [4.78, 5) is 9.06. The van der Waals surface area contributed by atoms with E-state index in [1.807, 2.05) is 42.0 Å². The SMILES string of the molecule is C=C/C=C\C(=C(/C)OC)c1cnc(-c2ccc3c(c2)nnn3C(C)C)nc1. The summed E-state index contributed by atoms with van der Waals surface area (Å²) >= 11 is 0. The summed E-state index contributed by atoms with van der Waals surface area (Å²) in [6.45, 7) is 9.78. The highest BCUT2D eigenvalue weighted by Crippen LogP contribution is 2.24. The first-order chi connectivity index (χ1) is 13.0. The molecule has 0 saturated heterocycles. The molecule has 0 fully saturated rings. The average molecular weight is 361 g/mol. The van der Waals surface area contributed by atoms with Crippen molar-refractivity contribution in [3.63, 3.8) is 0 Å². The predicted molar refractivity (Wildman–Crippen MR) is 108 cm³/mol. The Balaban J connectivity index is 1.96. The molecule has 3 rings (SSSR count). The van der Waals surface area contributed by atoms with Gasteiger partial charge < -0.3 is 4.74 Å². The smallest absolute Gasteiger partial charge is 0.159 e. The molecule has 0 bridgehead atoms. The van der Waals surface area contributed by atoms with Crippen molar-refractivity contribution in [3.05, 3.63) is 66.7 Å². The molecule has 0 spiro atoms. The highest BCUT2D eigenvalue weighted by atomic mass is 16.5. The monoisotopic (exact) mass is 361 g/mol. The fraction of sp³-hybridized carbons (Fsp3) is 0.238. The summed E-state index contributed by atoms with van der Waals surface area (Å²) in [6, 6.07) is 6.23. The minimum Gasteiger partial charge on any atom is -0.501 e. The van der Waals surface area contributed by atoms with E-state index in [1.165, 1.54) is 0 Å². The van der Waals surface area contributed by atoms with Crippen LogP contribution in [0.3, 0.4) is 0 Å². The third-order valence-corrected chi connectivity index (χ3v) is 4.27. The van der Waals surface area contributed by atoms with Crippen molar-refractivity contribution in [2.75, 3.05) is 7.11 Å². The van der Waals surface area contributed by atoms with Crippen LogP contribution in [0.4, 0.5) is 0 Å². The lowest BCUT2D eigenvalue weighted by Gasteiger charge is -2.08. The number of allylic oxidation sites excluding steroid dienone is 5. The van der Waals surface area contributed by atoms with Gasteiger partial charge in [0.05, 0.1) is 12.6 Å². The first kappa shape index (κ1) is 18.5. The van der Waals surface area contributed by atoms with Crippen molar-refractivity contribution >= 4 is 16.6 Å². The Morgan fingerprint density at radius 3 is 2.59 bits per heavy atom. The molecule has 0 amide bonds. The van der Waals surface area contributed by atoms with Crippen molar-refractivity contribution in [2.24, 2.45) is 0 Å². The van der Waals surface area contributed by atoms with E-state index in [1.54, 1.807) is 25.6 Å². The number of methoxy groups -OCH3 is 1. The van der Waals surface area contributed by atoms with E-state index in [9.17, 15) is 0 Å². The van der Waals surface area contributed by atoms with Gasteiger partial charge in [0.2, 0.25) is 0 Å². The van der Waals surface area contributed by atoms with E-state index in [0.29, 0.717) is 5.82 Å². The van der Waals surface area contributed by atoms with Gasteiger partial charge in [-0.25, -0.2) is 14.6 Å². The van der Waals surface area contributed by atoms with E-state index in [0.717, 1.165) is 33.5 Å². The van der Waals surface area contributed by atoms with Crippen LogP contribution in [0.2, 0.25) is 0 Å². The number of nitrogens with zero attached hydrogens (tertiary/aromatic N) is 5. The molecule has 0 aliphatic rings. The summed E-state index contributed by atoms with van der Waals surface area (Å²) in [7, 11) is 1.64. The largest absolute Gasteiger partial charge is 0.501 e. The van der Waals surface area contributed by atoms with Gasteiger partial charge in [0.25, 0.3) is 0 Å². The molecule has 0 saturated carbocycles. The third-order valence-electron chi connectivity index (χ3n) is 4.27. The van der Waals surface area contributed by atoms with Crippen LogP contribution < -0.4 is 0 Å². The summed E-state index contributed by atoms with van der Waals surface area (Å²) in [5.41, 5.74) is 4.53. The van der Waals surface area contributed by atoms with Gasteiger partial charge in [-0.2, -0.15) is 0 Å². The van der Waals surface area contributed by atoms with Crippen molar-refractivity contribution in [1.29, 1.82) is 0 Å². The van der Waals surface area contributed by atoms with E-state index < -0.39 is 0 Å². The minimum atomic E-state index is 0.259. The number of benzene rings is 1. The Labute approximate surface area is 158 Å². The van der Waals surface area contributed by atoms with E-state index in [-0.39, 0.29) is 6.04 Å². The zero-order valence-electron chi connectivity index (χ0n) is 16.0. The molecule has 27 heavy (non-hydrogen) atoms. The van der Waals surface area contributed by atoms with Gasteiger partial charge in [-0.15, -0.1) is 5.10 Å². The number of ether oxygens (including phenoxy) is 1. The molecule has 138 valence electrons. The van der Waals surface area contributed by atoms with Gasteiger partial charge in [-0.1, -0.05) is 30.0 Å². The maximum Gasteiger partial charge on any atom is 0.159 e. The number of rotatable bonds is 6. The van der Waals surface area contributed by atoms with Gasteiger partial charge in [0.1, 0.15) is 11.3 Å². The fourth-order valence-electron chi connectivity index (χ4n) is 2.77. The first-order valence-corrected chi connectivity index (χ1v) is 8.77. The van der Waals surface area contributed by atoms with Gasteiger partial charge in [0.15, 0.2) is 5.82 Å². The van der Waals surface area contributed by atoms with Gasteiger partial charge in [0, 0.05) is 35.1 Å². The molecule has 3 aromatic rings. The number of fused-ring (bicyclic) bond motifs is 1. The molecule has 0 unspecified atom stereocenters. The predicted octanol–water partition coefficient (Wildman–Crippen LogP) is 4.59. The molecule has 2 aromatic heterocycles. The third kappa shape index (κ3) is 3.79. The average Bonchev–Trinajstić information content (AvgIpc) is 3.12. The van der Waals surface area contributed by atoms with Crippen LogP contribution in [-0.4, -0.2) is 32.1 Å². The molecule has 0 aliphatic heterocycles. The standard InChI is InChI=1S/C21H23N5O/c1-6-7-8-18(15(4)27-5)17-12-22-21(23-13-17)16-9-10-20-19(11-16)24-25-26(20)14(2)3/h6-14H,1H2,2-5H3/b8-7-,18-15-. The van der Waals surface area contributed by atoms with E-state index in [2.05, 4.69) is 40.7 Å². The first-order valence-electron chi connectivity index (χ1n) is 8.77. The van der Waals surface area contributed by atoms with Crippen molar-refractivity contribution in [2.45, 2.75) is 26.8 Å². The lowest BCUT2D eigenvalue weighted by Crippen LogP contribution is -2.02. The second kappa shape index (κ2) is 7.95. The lowest BCUT2D eigenvalue weighted by molar-refractivity contribution is 0.296. The second-order valence-electron chi connectivity index (χ2n) is 6.40. The van der Waals surface area contributed by atoms with Gasteiger partial charge in [-0.3, -0.25) is 0 Å². The topological polar surface area (TPSA) is 65.7 Å². The Kier molecular flexibility index (Phi) is 5.45. The zero-order chi connectivity index (χ0) is 19.4. The molecule has 0 radical (unpaired) electrons. The number of hydrogen-bond donors (Lipinski definition) is 0. The maximum absolute atomic E-state index is 5.37. The minimum absolute atomic E-state index is 0.259. The second-order valence-corrected chi connectivity index (χ2v) is 6.40.